The number of nitrogens with one attached hydrogen (secondary N) is 2. The van der Waals surface area contributed by atoms with Crippen molar-refractivity contribution in [1.29, 1.82) is 0 Å². The highest BCUT2D eigenvalue weighted by Gasteiger charge is 2.30. The van der Waals surface area contributed by atoms with Crippen LogP contribution in [0.15, 0.2) is 24.4 Å². The number of aromatic nitrogens is 2. The third-order valence-electron chi connectivity index (χ3n) is 5.25. The number of carbonyl (C=O) groups is 1. The van der Waals surface area contributed by atoms with Gasteiger partial charge in [0.1, 0.15) is 17.9 Å². The van der Waals surface area contributed by atoms with Gasteiger partial charge in [-0.15, -0.1) is 0 Å². The van der Waals surface area contributed by atoms with Gasteiger partial charge in [0.05, 0.1) is 24.9 Å². The SMILES string of the molecule is COc1cc(P(C)(C)=O)ccc1Nc1ncc(Cl)c(NC2CCCCC2C(N)=O)n1. The first-order valence-electron chi connectivity index (χ1n) is 9.78. The van der Waals surface area contributed by atoms with Gasteiger partial charge < -0.3 is 25.7 Å². The molecule has 0 spiro atoms. The van der Waals surface area contributed by atoms with E-state index in [-0.39, 0.29) is 17.9 Å². The van der Waals surface area contributed by atoms with Crippen LogP contribution in [-0.2, 0) is 9.36 Å². The molecule has 0 radical (unpaired) electrons. The van der Waals surface area contributed by atoms with Crippen LogP contribution in [0.5, 0.6) is 5.75 Å². The van der Waals surface area contributed by atoms with Gasteiger partial charge in [-0.25, -0.2) is 4.98 Å². The van der Waals surface area contributed by atoms with E-state index in [1.165, 1.54) is 6.20 Å². The van der Waals surface area contributed by atoms with E-state index in [2.05, 4.69) is 20.6 Å². The summed E-state index contributed by atoms with van der Waals surface area (Å²) in [5.74, 6) is 0.716. The van der Waals surface area contributed by atoms with Crippen molar-refractivity contribution in [3.05, 3.63) is 29.4 Å². The second kappa shape index (κ2) is 9.23. The fourth-order valence-corrected chi connectivity index (χ4v) is 4.59. The standard InChI is InChI=1S/C20H27ClN5O3P/c1-29-17-10-12(30(2,3)28)8-9-16(17)25-20-23-11-14(21)19(26-20)24-15-7-5-4-6-13(15)18(22)27/h8-11,13,15H,4-7H2,1-3H3,(H2,22,27)(H2,23,24,25,26). The Morgan fingerprint density at radius 3 is 2.70 bits per heavy atom. The van der Waals surface area contributed by atoms with Crippen LogP contribution in [0.2, 0.25) is 5.02 Å². The van der Waals surface area contributed by atoms with Crippen molar-refractivity contribution >= 4 is 47.4 Å². The normalized spacial score (nSPS) is 19.2. The summed E-state index contributed by atoms with van der Waals surface area (Å²) in [5, 5.41) is 7.46. The zero-order valence-electron chi connectivity index (χ0n) is 17.3. The number of anilines is 3. The molecule has 0 saturated heterocycles. The molecule has 1 aromatic heterocycles. The van der Waals surface area contributed by atoms with Gasteiger partial charge in [-0.2, -0.15) is 4.98 Å². The molecule has 162 valence electrons. The summed E-state index contributed by atoms with van der Waals surface area (Å²) < 4.78 is 17.8. The minimum atomic E-state index is -2.41. The van der Waals surface area contributed by atoms with E-state index in [0.29, 0.717) is 28.2 Å². The number of nitrogens with zero attached hydrogens (tertiary/aromatic N) is 2. The lowest BCUT2D eigenvalue weighted by atomic mass is 9.84. The highest BCUT2D eigenvalue weighted by atomic mass is 35.5. The van der Waals surface area contributed by atoms with Crippen molar-refractivity contribution in [2.45, 2.75) is 31.7 Å². The average Bonchev–Trinajstić information content (AvgIpc) is 2.70. The topological polar surface area (TPSA) is 119 Å². The second-order valence-electron chi connectivity index (χ2n) is 7.79. The largest absolute Gasteiger partial charge is 0.495 e. The number of amides is 1. The monoisotopic (exact) mass is 451 g/mol. The molecule has 1 saturated carbocycles. The Morgan fingerprint density at radius 1 is 1.30 bits per heavy atom. The predicted molar refractivity (Wildman–Crippen MR) is 121 cm³/mol. The lowest BCUT2D eigenvalue weighted by Crippen LogP contribution is -2.40. The van der Waals surface area contributed by atoms with Crippen molar-refractivity contribution in [2.75, 3.05) is 31.1 Å². The molecule has 2 unspecified atom stereocenters. The number of hydrogen-bond acceptors (Lipinski definition) is 7. The van der Waals surface area contributed by atoms with Gasteiger partial charge >= 0.3 is 0 Å². The van der Waals surface area contributed by atoms with Crippen LogP contribution in [0.3, 0.4) is 0 Å². The molecule has 1 fully saturated rings. The van der Waals surface area contributed by atoms with Crippen LogP contribution in [0.4, 0.5) is 17.5 Å². The van der Waals surface area contributed by atoms with Gasteiger partial charge in [-0.1, -0.05) is 24.4 Å². The van der Waals surface area contributed by atoms with Gasteiger partial charge in [0, 0.05) is 11.3 Å². The first-order valence-corrected chi connectivity index (χ1v) is 12.8. The lowest BCUT2D eigenvalue weighted by Gasteiger charge is -2.30. The van der Waals surface area contributed by atoms with Crippen LogP contribution < -0.4 is 26.4 Å². The molecule has 30 heavy (non-hydrogen) atoms. The van der Waals surface area contributed by atoms with Crippen LogP contribution in [0, 0.1) is 5.92 Å². The lowest BCUT2D eigenvalue weighted by molar-refractivity contribution is -0.122. The Morgan fingerprint density at radius 2 is 2.03 bits per heavy atom. The van der Waals surface area contributed by atoms with Gasteiger partial charge in [0.2, 0.25) is 11.9 Å². The van der Waals surface area contributed by atoms with E-state index < -0.39 is 7.14 Å². The highest BCUT2D eigenvalue weighted by Crippen LogP contribution is 2.38. The number of carbonyl (C=O) groups excluding carboxylic acids is 1. The maximum Gasteiger partial charge on any atom is 0.229 e. The Balaban J connectivity index is 1.83. The molecule has 3 rings (SSSR count). The maximum absolute atomic E-state index is 12.3. The number of halogens is 1. The third kappa shape index (κ3) is 5.24. The average molecular weight is 452 g/mol. The first-order chi connectivity index (χ1) is 14.2. The van der Waals surface area contributed by atoms with Crippen LogP contribution in [-0.4, -0.2) is 42.4 Å². The molecule has 1 aromatic carbocycles. The van der Waals surface area contributed by atoms with Crippen LogP contribution >= 0.6 is 18.7 Å². The summed E-state index contributed by atoms with van der Waals surface area (Å²) in [4.78, 5) is 20.5. The molecule has 1 amide bonds. The number of rotatable bonds is 7. The quantitative estimate of drug-likeness (QED) is 0.550. The summed E-state index contributed by atoms with van der Waals surface area (Å²) in [7, 11) is -0.869. The van der Waals surface area contributed by atoms with Crippen molar-refractivity contribution in [1.82, 2.24) is 9.97 Å². The molecule has 2 aromatic rings. The van der Waals surface area contributed by atoms with E-state index in [1.807, 2.05) is 0 Å². The smallest absolute Gasteiger partial charge is 0.229 e. The van der Waals surface area contributed by atoms with Gasteiger partial charge in [0.25, 0.3) is 0 Å². The molecular formula is C20H27ClN5O3P. The zero-order chi connectivity index (χ0) is 21.9. The van der Waals surface area contributed by atoms with E-state index in [9.17, 15) is 9.36 Å². The van der Waals surface area contributed by atoms with E-state index in [0.717, 1.165) is 31.0 Å². The number of primary amides is 1. The summed E-state index contributed by atoms with van der Waals surface area (Å²) >= 11 is 6.29. The fraction of sp³-hybridized carbons (Fsp3) is 0.450. The Kier molecular flexibility index (Phi) is 6.88. The third-order valence-corrected chi connectivity index (χ3v) is 7.05. The predicted octanol–water partition coefficient (Wildman–Crippen LogP) is 3.59. The van der Waals surface area contributed by atoms with Gasteiger partial charge in [-0.05, 0) is 44.4 Å². The molecule has 10 heteroatoms. The molecule has 2 atom stereocenters. The Bertz CT molecular complexity index is 981. The van der Waals surface area contributed by atoms with Crippen LogP contribution in [0.1, 0.15) is 25.7 Å². The fourth-order valence-electron chi connectivity index (χ4n) is 3.59. The van der Waals surface area contributed by atoms with Crippen LogP contribution in [0.25, 0.3) is 0 Å². The molecule has 0 aliphatic heterocycles. The molecule has 4 N–H and O–H groups in total. The van der Waals surface area contributed by atoms with Gasteiger partial charge in [-0.3, -0.25) is 4.79 Å². The molecule has 1 aliphatic carbocycles. The molecule has 1 aliphatic rings. The second-order valence-corrected chi connectivity index (χ2v) is 11.4. The van der Waals surface area contributed by atoms with Crippen molar-refractivity contribution in [2.24, 2.45) is 11.7 Å². The summed E-state index contributed by atoms with van der Waals surface area (Å²) in [6.45, 7) is 3.42. The molecule has 0 bridgehead atoms. The number of ether oxygens (including phenoxy) is 1. The van der Waals surface area contributed by atoms with Gasteiger partial charge in [0.15, 0.2) is 5.82 Å². The summed E-state index contributed by atoms with van der Waals surface area (Å²) in [6, 6.07) is 5.20. The van der Waals surface area contributed by atoms with E-state index in [1.54, 1.807) is 38.6 Å². The number of hydrogen-bond donors (Lipinski definition) is 3. The summed E-state index contributed by atoms with van der Waals surface area (Å²) in [5.41, 5.74) is 6.20. The minimum Gasteiger partial charge on any atom is -0.495 e. The molecule has 8 nitrogen and oxygen atoms in total. The first kappa shape index (κ1) is 22.4. The number of benzene rings is 1. The van der Waals surface area contributed by atoms with Crippen molar-refractivity contribution < 1.29 is 14.1 Å². The maximum atomic E-state index is 12.3. The Labute approximate surface area is 181 Å². The molecule has 1 heterocycles. The highest BCUT2D eigenvalue weighted by molar-refractivity contribution is 7.70. The number of methoxy groups -OCH3 is 1. The van der Waals surface area contributed by atoms with E-state index in [4.69, 9.17) is 22.1 Å². The Hall–Kier alpha value is -2.31. The zero-order valence-corrected chi connectivity index (χ0v) is 19.0. The molecular weight excluding hydrogens is 425 g/mol. The number of nitrogens with two attached hydrogens (primary N) is 1. The van der Waals surface area contributed by atoms with Crippen molar-refractivity contribution in [3.63, 3.8) is 0 Å². The van der Waals surface area contributed by atoms with E-state index >= 15 is 0 Å². The minimum absolute atomic E-state index is 0.117. The summed E-state index contributed by atoms with van der Waals surface area (Å²) in [6.07, 6.45) is 5.06. The van der Waals surface area contributed by atoms with Crippen molar-refractivity contribution in [3.8, 4) is 5.75 Å².